The summed E-state index contributed by atoms with van der Waals surface area (Å²) in [7, 11) is -20.0. The van der Waals surface area contributed by atoms with E-state index in [0.717, 1.165) is 0 Å². The zero-order valence-electron chi connectivity index (χ0n) is 41.8. The van der Waals surface area contributed by atoms with Crippen LogP contribution >= 0.6 is 11.1 Å². The third-order valence-electron chi connectivity index (χ3n) is 11.9. The van der Waals surface area contributed by atoms with Gasteiger partial charge in [-0.2, -0.15) is 0 Å². The number of hydrogen-bond acceptors (Lipinski definition) is 0. The fourth-order valence-corrected chi connectivity index (χ4v) is 38.6. The zero-order valence-corrected chi connectivity index (χ0v) is 52.6. The second kappa shape index (κ2) is 15.5. The number of benzene rings is 3. The van der Waals surface area contributed by atoms with Gasteiger partial charge in [0.25, 0.3) is 0 Å². The van der Waals surface area contributed by atoms with Crippen LogP contribution < -0.4 is 62.2 Å². The summed E-state index contributed by atoms with van der Waals surface area (Å²) in [5.41, 5.74) is 0. The summed E-state index contributed by atoms with van der Waals surface area (Å²) in [6.45, 7) is 70.6. The standard InChI is InChI=1S/C45H87ClSi10/c1-47(2,3)34-28-37(50(10,11)12)43(38(29-34)51(13,14)15)56(46,44-39(52(16,17)18)30-35(48(4,5)6)31-40(44)53(19,20)21)45-41(54(22,23)24)32-36(49(7,8)9)33-42(45)55(25,26)27/h28-33H,1-27H3. The van der Waals surface area contributed by atoms with Gasteiger partial charge in [-0.15, -0.1) is 11.1 Å². The van der Waals surface area contributed by atoms with Crippen LogP contribution in [0.1, 0.15) is 0 Å². The highest BCUT2D eigenvalue weighted by atomic mass is 35.6. The lowest BCUT2D eigenvalue weighted by atomic mass is 10.3. The Balaban J connectivity index is 3.22. The highest BCUT2D eigenvalue weighted by Crippen LogP contribution is 2.21. The summed E-state index contributed by atoms with van der Waals surface area (Å²) in [4.78, 5) is 0. The maximum Gasteiger partial charge on any atom is 0.247 e. The van der Waals surface area contributed by atoms with Gasteiger partial charge in [0.1, 0.15) is 0 Å². The van der Waals surface area contributed by atoms with Crippen molar-refractivity contribution in [2.75, 3.05) is 0 Å². The third kappa shape index (κ3) is 10.6. The molecule has 0 N–H and O–H groups in total. The summed E-state index contributed by atoms with van der Waals surface area (Å²) in [6, 6.07) is 16.7. The first-order valence-electron chi connectivity index (χ1n) is 21.7. The van der Waals surface area contributed by atoms with Crippen LogP contribution in [0.25, 0.3) is 0 Å². The molecule has 314 valence electrons. The maximum absolute atomic E-state index is 9.79. The summed E-state index contributed by atoms with van der Waals surface area (Å²) in [6.07, 6.45) is 0. The molecule has 56 heavy (non-hydrogen) atoms. The topological polar surface area (TPSA) is 0 Å². The molecule has 0 radical (unpaired) electrons. The Bertz CT molecular complexity index is 1620. The van der Waals surface area contributed by atoms with Crippen molar-refractivity contribution in [2.24, 2.45) is 0 Å². The average molecular weight is 945 g/mol. The SMILES string of the molecule is C[Si](C)(C)c1cc([Si](C)(C)C)c([Si](Cl)(c2c([Si](C)(C)C)cc([Si](C)(C)C)cc2[Si](C)(C)C)c2c([Si](C)(C)C)cc([Si](C)(C)C)cc2[Si](C)(C)C)c([Si](C)(C)C)c1. The van der Waals surface area contributed by atoms with Gasteiger partial charge in [-0.3, -0.25) is 0 Å². The molecule has 0 fully saturated rings. The van der Waals surface area contributed by atoms with Crippen molar-refractivity contribution in [3.05, 3.63) is 36.4 Å². The predicted octanol–water partition coefficient (Wildman–Crippen LogP) is 7.80. The van der Waals surface area contributed by atoms with Crippen LogP contribution in [0.2, 0.25) is 177 Å². The number of rotatable bonds is 12. The van der Waals surface area contributed by atoms with E-state index in [2.05, 4.69) is 213 Å². The van der Waals surface area contributed by atoms with Gasteiger partial charge in [-0.25, -0.2) is 0 Å². The van der Waals surface area contributed by atoms with Gasteiger partial charge in [-0.05, 0) is 15.6 Å². The fraction of sp³-hybridized carbons (Fsp3) is 0.600. The Morgan fingerprint density at radius 3 is 0.446 bits per heavy atom. The Labute approximate surface area is 363 Å². The van der Waals surface area contributed by atoms with Gasteiger partial charge in [0.15, 0.2) is 0 Å². The lowest BCUT2D eigenvalue weighted by molar-refractivity contribution is 1.65. The zero-order chi connectivity index (χ0) is 44.2. The lowest BCUT2D eigenvalue weighted by Gasteiger charge is -2.46. The summed E-state index contributed by atoms with van der Waals surface area (Å²) in [5, 5.41) is 20.0. The molecule has 0 spiro atoms. The minimum absolute atomic E-state index is 1.64. The molecule has 0 nitrogen and oxygen atoms in total. The molecule has 0 aromatic heterocycles. The van der Waals surface area contributed by atoms with E-state index in [9.17, 15) is 11.1 Å². The molecule has 0 unspecified atom stereocenters. The molecule has 3 aromatic carbocycles. The first kappa shape index (κ1) is 50.5. The maximum atomic E-state index is 9.79. The van der Waals surface area contributed by atoms with Crippen molar-refractivity contribution in [1.82, 2.24) is 0 Å². The van der Waals surface area contributed by atoms with Crippen molar-refractivity contribution in [2.45, 2.75) is 177 Å². The summed E-state index contributed by atoms with van der Waals surface area (Å²) >= 11 is 9.79. The second-order valence-electron chi connectivity index (χ2n) is 26.7. The van der Waals surface area contributed by atoms with Gasteiger partial charge < -0.3 is 0 Å². The molecule has 0 heterocycles. The number of hydrogen-bond donors (Lipinski definition) is 0. The molecule has 0 aliphatic carbocycles. The third-order valence-corrected chi connectivity index (χ3v) is 36.9. The quantitative estimate of drug-likeness (QED) is 0.0990. The van der Waals surface area contributed by atoms with Crippen molar-refractivity contribution in [1.29, 1.82) is 0 Å². The molecule has 0 saturated heterocycles. The van der Waals surface area contributed by atoms with Crippen LogP contribution in [0, 0.1) is 0 Å². The Hall–Kier alpha value is 0.119. The van der Waals surface area contributed by atoms with E-state index in [1.54, 1.807) is 62.2 Å². The van der Waals surface area contributed by atoms with E-state index in [-0.39, 0.29) is 0 Å². The van der Waals surface area contributed by atoms with Crippen LogP contribution in [0.3, 0.4) is 0 Å². The highest BCUT2D eigenvalue weighted by molar-refractivity contribution is 7.46. The van der Waals surface area contributed by atoms with Crippen molar-refractivity contribution in [3.8, 4) is 0 Å². The number of halogens is 1. The first-order chi connectivity index (χ1) is 24.4. The minimum Gasteiger partial charge on any atom is -0.149 e. The highest BCUT2D eigenvalue weighted by Gasteiger charge is 2.53. The first-order valence-corrected chi connectivity index (χ1v) is 56.2. The molecule has 0 atom stereocenters. The molecular weight excluding hydrogens is 857 g/mol. The van der Waals surface area contributed by atoms with Crippen LogP contribution in [0.15, 0.2) is 36.4 Å². The lowest BCUT2D eigenvalue weighted by Crippen LogP contribution is -2.87. The molecule has 0 aliphatic heterocycles. The van der Waals surface area contributed by atoms with E-state index >= 15 is 0 Å². The van der Waals surface area contributed by atoms with Crippen LogP contribution in [0.5, 0.6) is 0 Å². The van der Waals surface area contributed by atoms with Crippen LogP contribution in [-0.2, 0) is 0 Å². The second-order valence-corrected chi connectivity index (χ2v) is 76.7. The minimum atomic E-state index is -3.32. The summed E-state index contributed by atoms with van der Waals surface area (Å²) in [5.74, 6) is 0. The van der Waals surface area contributed by atoms with Crippen LogP contribution in [-0.4, -0.2) is 80.0 Å². The van der Waals surface area contributed by atoms with Crippen molar-refractivity contribution in [3.63, 3.8) is 0 Å². The van der Waals surface area contributed by atoms with Gasteiger partial charge in [-0.1, -0.05) is 260 Å². The van der Waals surface area contributed by atoms with E-state index in [1.165, 1.54) is 0 Å². The molecular formula is C45H87ClSi10. The van der Waals surface area contributed by atoms with E-state index < -0.39 is 80.0 Å². The Kier molecular flexibility index (Phi) is 14.0. The molecule has 0 aliphatic rings. The molecule has 0 saturated carbocycles. The smallest absolute Gasteiger partial charge is 0.149 e. The predicted molar refractivity (Wildman–Crippen MR) is 297 cm³/mol. The Morgan fingerprint density at radius 1 is 0.232 bits per heavy atom. The molecule has 3 rings (SSSR count). The largest absolute Gasteiger partial charge is 0.247 e. The molecule has 3 aromatic rings. The van der Waals surface area contributed by atoms with E-state index in [1.807, 2.05) is 0 Å². The average Bonchev–Trinajstić information content (AvgIpc) is 2.94. The van der Waals surface area contributed by atoms with Gasteiger partial charge in [0.2, 0.25) is 7.38 Å². The van der Waals surface area contributed by atoms with Crippen LogP contribution in [0.4, 0.5) is 0 Å². The fourth-order valence-electron chi connectivity index (χ4n) is 8.26. The monoisotopic (exact) mass is 942 g/mol. The van der Waals surface area contributed by atoms with E-state index in [4.69, 9.17) is 0 Å². The van der Waals surface area contributed by atoms with Gasteiger partial charge >= 0.3 is 0 Å². The van der Waals surface area contributed by atoms with E-state index in [0.29, 0.717) is 0 Å². The molecule has 0 amide bonds. The van der Waals surface area contributed by atoms with Gasteiger partial charge in [0, 0.05) is 0 Å². The summed E-state index contributed by atoms with van der Waals surface area (Å²) < 4.78 is 0. The normalized spacial score (nSPS) is 14.8. The van der Waals surface area contributed by atoms with Gasteiger partial charge in [0.05, 0.1) is 72.7 Å². The molecule has 11 heteroatoms. The van der Waals surface area contributed by atoms with Crippen molar-refractivity contribution < 1.29 is 0 Å². The Morgan fingerprint density at radius 2 is 0.357 bits per heavy atom. The van der Waals surface area contributed by atoms with Crippen molar-refractivity contribution >= 4 is 153 Å². The molecule has 0 bridgehead atoms.